The lowest BCUT2D eigenvalue weighted by Crippen LogP contribution is -2.26. The number of aromatic nitrogens is 2. The van der Waals surface area contributed by atoms with Crippen LogP contribution in [0.25, 0.3) is 0 Å². The molecular formula is C17H21BrN4. The Morgan fingerprint density at radius 3 is 2.59 bits per heavy atom. The zero-order valence-electron chi connectivity index (χ0n) is 12.8. The number of halogens is 1. The second-order valence-corrected chi connectivity index (χ2v) is 6.59. The standard InChI is InChI=1S/C17H21BrN4/c1-13-12-14(6-7-15(13)18)20-16-8-9-19-17(21-16)22-10-4-2-3-5-11-22/h6-9,12H,2-5,10-11H2,1H3,(H,19,20,21). The van der Waals surface area contributed by atoms with Gasteiger partial charge in [0.05, 0.1) is 0 Å². The van der Waals surface area contributed by atoms with Crippen molar-refractivity contribution >= 4 is 33.4 Å². The molecule has 0 radical (unpaired) electrons. The fourth-order valence-corrected chi connectivity index (χ4v) is 2.96. The van der Waals surface area contributed by atoms with E-state index >= 15 is 0 Å². The maximum atomic E-state index is 4.68. The summed E-state index contributed by atoms with van der Waals surface area (Å²) < 4.78 is 1.12. The largest absolute Gasteiger partial charge is 0.341 e. The van der Waals surface area contributed by atoms with E-state index in [4.69, 9.17) is 0 Å². The lowest BCUT2D eigenvalue weighted by molar-refractivity contribution is 0.726. The summed E-state index contributed by atoms with van der Waals surface area (Å²) in [7, 11) is 0. The Labute approximate surface area is 140 Å². The Bertz CT molecular complexity index is 636. The van der Waals surface area contributed by atoms with E-state index in [1.807, 2.05) is 18.3 Å². The number of benzene rings is 1. The van der Waals surface area contributed by atoms with Crippen molar-refractivity contribution in [3.63, 3.8) is 0 Å². The third kappa shape index (κ3) is 3.77. The lowest BCUT2D eigenvalue weighted by Gasteiger charge is -2.20. The third-order valence-electron chi connectivity index (χ3n) is 3.96. The average Bonchev–Trinajstić information content (AvgIpc) is 2.80. The summed E-state index contributed by atoms with van der Waals surface area (Å²) in [5, 5.41) is 3.37. The smallest absolute Gasteiger partial charge is 0.227 e. The van der Waals surface area contributed by atoms with Gasteiger partial charge in [0.1, 0.15) is 5.82 Å². The van der Waals surface area contributed by atoms with E-state index in [2.05, 4.69) is 55.2 Å². The summed E-state index contributed by atoms with van der Waals surface area (Å²) in [6, 6.07) is 8.12. The van der Waals surface area contributed by atoms with E-state index in [0.29, 0.717) is 0 Å². The van der Waals surface area contributed by atoms with Crippen LogP contribution in [-0.2, 0) is 0 Å². The first-order valence-electron chi connectivity index (χ1n) is 7.83. The molecule has 2 heterocycles. The third-order valence-corrected chi connectivity index (χ3v) is 4.85. The molecule has 0 spiro atoms. The van der Waals surface area contributed by atoms with E-state index < -0.39 is 0 Å². The van der Waals surface area contributed by atoms with Gasteiger partial charge >= 0.3 is 0 Å². The van der Waals surface area contributed by atoms with Crippen LogP contribution >= 0.6 is 15.9 Å². The van der Waals surface area contributed by atoms with Gasteiger partial charge in [-0.25, -0.2) is 4.98 Å². The van der Waals surface area contributed by atoms with Gasteiger partial charge in [-0.2, -0.15) is 4.98 Å². The molecule has 5 heteroatoms. The van der Waals surface area contributed by atoms with Crippen molar-refractivity contribution in [2.24, 2.45) is 0 Å². The minimum Gasteiger partial charge on any atom is -0.341 e. The van der Waals surface area contributed by atoms with Gasteiger partial charge in [-0.05, 0) is 49.6 Å². The highest BCUT2D eigenvalue weighted by Crippen LogP contribution is 2.23. The summed E-state index contributed by atoms with van der Waals surface area (Å²) >= 11 is 3.53. The van der Waals surface area contributed by atoms with Gasteiger partial charge in [-0.1, -0.05) is 28.8 Å². The lowest BCUT2D eigenvalue weighted by atomic mass is 10.2. The van der Waals surface area contributed by atoms with E-state index in [9.17, 15) is 0 Å². The van der Waals surface area contributed by atoms with Crippen molar-refractivity contribution in [1.82, 2.24) is 9.97 Å². The van der Waals surface area contributed by atoms with E-state index in [1.165, 1.54) is 31.2 Å². The molecule has 0 atom stereocenters. The number of rotatable bonds is 3. The SMILES string of the molecule is Cc1cc(Nc2ccnc(N3CCCCCC3)n2)ccc1Br. The van der Waals surface area contributed by atoms with Gasteiger partial charge in [0.25, 0.3) is 0 Å². The molecule has 1 aliphatic rings. The first-order chi connectivity index (χ1) is 10.7. The molecule has 0 unspecified atom stereocenters. The number of hydrogen-bond donors (Lipinski definition) is 1. The topological polar surface area (TPSA) is 41.1 Å². The minimum atomic E-state index is 0.834. The summed E-state index contributed by atoms with van der Waals surface area (Å²) in [5.41, 5.74) is 2.24. The van der Waals surface area contributed by atoms with Gasteiger partial charge in [-0.15, -0.1) is 0 Å². The number of aryl methyl sites for hydroxylation is 1. The molecule has 1 aromatic heterocycles. The van der Waals surface area contributed by atoms with Crippen molar-refractivity contribution in [2.45, 2.75) is 32.6 Å². The Balaban J connectivity index is 1.76. The summed E-state index contributed by atoms with van der Waals surface area (Å²) in [6.07, 6.45) is 6.92. The first-order valence-corrected chi connectivity index (χ1v) is 8.63. The maximum Gasteiger partial charge on any atom is 0.227 e. The molecule has 1 aliphatic heterocycles. The normalized spacial score (nSPS) is 15.5. The Hall–Kier alpha value is -1.62. The van der Waals surface area contributed by atoms with Gasteiger partial charge in [0.15, 0.2) is 0 Å². The van der Waals surface area contributed by atoms with Crippen molar-refractivity contribution in [3.05, 3.63) is 40.5 Å². The first kappa shape index (κ1) is 15.3. The molecule has 0 saturated carbocycles. The highest BCUT2D eigenvalue weighted by atomic mass is 79.9. The second-order valence-electron chi connectivity index (χ2n) is 5.73. The summed E-state index contributed by atoms with van der Waals surface area (Å²) in [6.45, 7) is 4.19. The molecular weight excluding hydrogens is 340 g/mol. The van der Waals surface area contributed by atoms with Crippen molar-refractivity contribution < 1.29 is 0 Å². The second kappa shape index (κ2) is 7.09. The molecule has 1 N–H and O–H groups in total. The number of nitrogens with one attached hydrogen (secondary N) is 1. The van der Waals surface area contributed by atoms with Crippen LogP contribution in [0.2, 0.25) is 0 Å². The number of hydrogen-bond acceptors (Lipinski definition) is 4. The molecule has 22 heavy (non-hydrogen) atoms. The summed E-state index contributed by atoms with van der Waals surface area (Å²) in [4.78, 5) is 11.4. The fraction of sp³-hybridized carbons (Fsp3) is 0.412. The molecule has 3 rings (SSSR count). The predicted molar refractivity (Wildman–Crippen MR) is 94.9 cm³/mol. The van der Waals surface area contributed by atoms with Crippen LogP contribution in [0.15, 0.2) is 34.9 Å². The highest BCUT2D eigenvalue weighted by molar-refractivity contribution is 9.10. The van der Waals surface area contributed by atoms with E-state index in [1.54, 1.807) is 0 Å². The van der Waals surface area contributed by atoms with Crippen molar-refractivity contribution in [2.75, 3.05) is 23.3 Å². The molecule has 4 nitrogen and oxygen atoms in total. The van der Waals surface area contributed by atoms with Crippen LogP contribution in [0, 0.1) is 6.92 Å². The van der Waals surface area contributed by atoms with Crippen LogP contribution in [0.5, 0.6) is 0 Å². The highest BCUT2D eigenvalue weighted by Gasteiger charge is 2.12. The van der Waals surface area contributed by atoms with Gasteiger partial charge in [0.2, 0.25) is 5.95 Å². The molecule has 1 fully saturated rings. The van der Waals surface area contributed by atoms with Crippen molar-refractivity contribution in [1.29, 1.82) is 0 Å². The molecule has 0 bridgehead atoms. The van der Waals surface area contributed by atoms with E-state index in [0.717, 1.165) is 35.0 Å². The Morgan fingerprint density at radius 2 is 1.86 bits per heavy atom. The molecule has 0 aliphatic carbocycles. The van der Waals surface area contributed by atoms with Gasteiger partial charge in [0, 0.05) is 29.4 Å². The zero-order valence-corrected chi connectivity index (χ0v) is 14.4. The fourth-order valence-electron chi connectivity index (χ4n) is 2.71. The number of nitrogens with zero attached hydrogens (tertiary/aromatic N) is 3. The monoisotopic (exact) mass is 360 g/mol. The van der Waals surface area contributed by atoms with Crippen LogP contribution in [-0.4, -0.2) is 23.1 Å². The van der Waals surface area contributed by atoms with Crippen LogP contribution < -0.4 is 10.2 Å². The number of anilines is 3. The van der Waals surface area contributed by atoms with Gasteiger partial charge < -0.3 is 10.2 Å². The minimum absolute atomic E-state index is 0.834. The average molecular weight is 361 g/mol. The Kier molecular flexibility index (Phi) is 4.93. The molecule has 1 aromatic carbocycles. The summed E-state index contributed by atoms with van der Waals surface area (Å²) in [5.74, 6) is 1.68. The Morgan fingerprint density at radius 1 is 1.09 bits per heavy atom. The molecule has 116 valence electrons. The van der Waals surface area contributed by atoms with Crippen LogP contribution in [0.1, 0.15) is 31.2 Å². The molecule has 0 amide bonds. The predicted octanol–water partition coefficient (Wildman–Crippen LogP) is 4.67. The molecule has 1 saturated heterocycles. The quantitative estimate of drug-likeness (QED) is 0.863. The van der Waals surface area contributed by atoms with E-state index in [-0.39, 0.29) is 0 Å². The zero-order chi connectivity index (χ0) is 15.4. The maximum absolute atomic E-state index is 4.68. The van der Waals surface area contributed by atoms with Gasteiger partial charge in [-0.3, -0.25) is 0 Å². The molecule has 2 aromatic rings. The van der Waals surface area contributed by atoms with Crippen LogP contribution in [0.3, 0.4) is 0 Å². The van der Waals surface area contributed by atoms with Crippen molar-refractivity contribution in [3.8, 4) is 0 Å². The van der Waals surface area contributed by atoms with Crippen LogP contribution in [0.4, 0.5) is 17.5 Å².